The van der Waals surface area contributed by atoms with Crippen LogP contribution < -0.4 is 0 Å². The van der Waals surface area contributed by atoms with Gasteiger partial charge >= 0.3 is 0 Å². The Kier molecular flexibility index (Phi) is 6.61. The van der Waals surface area contributed by atoms with Crippen molar-refractivity contribution in [3.63, 3.8) is 0 Å². The predicted octanol–water partition coefficient (Wildman–Crippen LogP) is -0.543. The molecule has 0 unspecified atom stereocenters. The molecular weight excluding hydrogens is 246 g/mol. The third kappa shape index (κ3) is 4.72. The molecule has 1 rings (SSSR count). The maximum Gasteiger partial charge on any atom is 0.254 e. The molecule has 0 radical (unpaired) electrons. The van der Waals surface area contributed by atoms with E-state index in [1.54, 1.807) is 24.3 Å². The normalized spacial score (nSPS) is 9.63. The molecule has 5 nitrogen and oxygen atoms in total. The number of aliphatic hydroxyl groups is 3. The first-order chi connectivity index (χ1) is 9.22. The van der Waals surface area contributed by atoms with Crippen LogP contribution in [0.15, 0.2) is 24.3 Å². The fraction of sp³-hybridized carbons (Fsp3) is 0.357. The van der Waals surface area contributed by atoms with Crippen molar-refractivity contribution in [1.82, 2.24) is 4.90 Å². The molecule has 5 heteroatoms. The average molecular weight is 263 g/mol. The monoisotopic (exact) mass is 263 g/mol. The van der Waals surface area contributed by atoms with E-state index in [2.05, 4.69) is 11.8 Å². The standard InChI is InChI=1S/C14H17NO4/c16-9-1-2-12-3-5-13(6-4-12)14(19)15(7-10-17)8-11-18/h3-6,16-18H,7-11H2. The van der Waals surface area contributed by atoms with Crippen molar-refractivity contribution in [3.05, 3.63) is 35.4 Å². The summed E-state index contributed by atoms with van der Waals surface area (Å²) < 4.78 is 0. The molecule has 0 heterocycles. The molecule has 1 aromatic rings. The van der Waals surface area contributed by atoms with Crippen molar-refractivity contribution >= 4 is 5.91 Å². The zero-order valence-electron chi connectivity index (χ0n) is 10.5. The molecule has 0 saturated heterocycles. The van der Waals surface area contributed by atoms with Gasteiger partial charge < -0.3 is 20.2 Å². The van der Waals surface area contributed by atoms with Gasteiger partial charge in [-0.15, -0.1) is 0 Å². The van der Waals surface area contributed by atoms with Gasteiger partial charge in [0.25, 0.3) is 5.91 Å². The van der Waals surface area contributed by atoms with Gasteiger partial charge in [0.2, 0.25) is 0 Å². The molecule has 0 fully saturated rings. The quantitative estimate of drug-likeness (QED) is 0.623. The number of nitrogens with zero attached hydrogens (tertiary/aromatic N) is 1. The summed E-state index contributed by atoms with van der Waals surface area (Å²) in [5.41, 5.74) is 1.18. The van der Waals surface area contributed by atoms with E-state index in [0.717, 1.165) is 0 Å². The predicted molar refractivity (Wildman–Crippen MR) is 70.5 cm³/mol. The molecule has 102 valence electrons. The number of amides is 1. The number of carbonyl (C=O) groups excluding carboxylic acids is 1. The highest BCUT2D eigenvalue weighted by Crippen LogP contribution is 2.07. The summed E-state index contributed by atoms with van der Waals surface area (Å²) >= 11 is 0. The summed E-state index contributed by atoms with van der Waals surface area (Å²) in [5.74, 6) is 5.01. The Hall–Kier alpha value is -1.87. The van der Waals surface area contributed by atoms with Crippen molar-refractivity contribution in [3.8, 4) is 11.8 Å². The second kappa shape index (κ2) is 8.27. The maximum absolute atomic E-state index is 12.1. The maximum atomic E-state index is 12.1. The van der Waals surface area contributed by atoms with Crippen molar-refractivity contribution in [2.75, 3.05) is 32.9 Å². The largest absolute Gasteiger partial charge is 0.395 e. The van der Waals surface area contributed by atoms with Crippen LogP contribution in [0.5, 0.6) is 0 Å². The summed E-state index contributed by atoms with van der Waals surface area (Å²) in [6.07, 6.45) is 0. The molecule has 0 aromatic heterocycles. The number of carbonyl (C=O) groups is 1. The molecular formula is C14H17NO4. The summed E-state index contributed by atoms with van der Waals surface area (Å²) in [6, 6.07) is 6.63. The van der Waals surface area contributed by atoms with Gasteiger partial charge in [-0.1, -0.05) is 11.8 Å². The van der Waals surface area contributed by atoms with Gasteiger partial charge in [0.15, 0.2) is 0 Å². The van der Waals surface area contributed by atoms with E-state index >= 15 is 0 Å². The Labute approximate surface area is 112 Å². The third-order valence-corrected chi connectivity index (χ3v) is 2.47. The number of hydrogen-bond acceptors (Lipinski definition) is 4. The molecule has 0 saturated carbocycles. The van der Waals surface area contributed by atoms with E-state index in [4.69, 9.17) is 15.3 Å². The van der Waals surface area contributed by atoms with Crippen LogP contribution in [0.4, 0.5) is 0 Å². The molecule has 0 aliphatic heterocycles. The summed E-state index contributed by atoms with van der Waals surface area (Å²) in [5, 5.41) is 26.3. The Morgan fingerprint density at radius 1 is 1.05 bits per heavy atom. The van der Waals surface area contributed by atoms with Gasteiger partial charge in [-0.3, -0.25) is 4.79 Å². The average Bonchev–Trinajstić information content (AvgIpc) is 2.44. The van der Waals surface area contributed by atoms with E-state index in [1.165, 1.54) is 4.90 Å². The first kappa shape index (κ1) is 15.2. The van der Waals surface area contributed by atoms with Crippen LogP contribution in [-0.4, -0.2) is 59.0 Å². The molecule has 3 N–H and O–H groups in total. The second-order valence-electron chi connectivity index (χ2n) is 3.78. The van der Waals surface area contributed by atoms with Crippen molar-refractivity contribution in [2.45, 2.75) is 0 Å². The number of aliphatic hydroxyl groups excluding tert-OH is 3. The minimum Gasteiger partial charge on any atom is -0.395 e. The van der Waals surface area contributed by atoms with Gasteiger partial charge in [-0.2, -0.15) is 0 Å². The number of benzene rings is 1. The lowest BCUT2D eigenvalue weighted by Gasteiger charge is -2.20. The van der Waals surface area contributed by atoms with Gasteiger partial charge in [0.1, 0.15) is 6.61 Å². The van der Waals surface area contributed by atoms with Crippen molar-refractivity contribution in [1.29, 1.82) is 0 Å². The topological polar surface area (TPSA) is 81.0 Å². The lowest BCUT2D eigenvalue weighted by molar-refractivity contribution is 0.0685. The molecule has 0 atom stereocenters. The van der Waals surface area contributed by atoms with Gasteiger partial charge in [-0.25, -0.2) is 0 Å². The SMILES string of the molecule is O=C(c1ccc(C#CCO)cc1)N(CCO)CCO. The van der Waals surface area contributed by atoms with E-state index in [1.807, 2.05) is 0 Å². The third-order valence-electron chi connectivity index (χ3n) is 2.47. The first-order valence-electron chi connectivity index (χ1n) is 5.93. The van der Waals surface area contributed by atoms with Crippen molar-refractivity contribution < 1.29 is 20.1 Å². The Morgan fingerprint density at radius 3 is 2.11 bits per heavy atom. The highest BCUT2D eigenvalue weighted by Gasteiger charge is 2.14. The first-order valence-corrected chi connectivity index (χ1v) is 5.93. The summed E-state index contributed by atoms with van der Waals surface area (Å²) in [7, 11) is 0. The molecule has 0 aliphatic carbocycles. The van der Waals surface area contributed by atoms with Crippen LogP contribution in [0.1, 0.15) is 15.9 Å². The number of rotatable bonds is 5. The lowest BCUT2D eigenvalue weighted by Crippen LogP contribution is -2.35. The second-order valence-corrected chi connectivity index (χ2v) is 3.78. The molecule has 19 heavy (non-hydrogen) atoms. The summed E-state index contributed by atoms with van der Waals surface area (Å²) in [4.78, 5) is 13.5. The van der Waals surface area contributed by atoms with Crippen LogP contribution in [0.25, 0.3) is 0 Å². The molecule has 1 aromatic carbocycles. The molecule has 0 aliphatic rings. The van der Waals surface area contributed by atoms with Crippen LogP contribution in [-0.2, 0) is 0 Å². The minimum absolute atomic E-state index is 0.147. The van der Waals surface area contributed by atoms with Crippen LogP contribution in [0.2, 0.25) is 0 Å². The molecule has 0 bridgehead atoms. The van der Waals surface area contributed by atoms with E-state index in [9.17, 15) is 4.79 Å². The highest BCUT2D eigenvalue weighted by atomic mass is 16.3. The Bertz CT molecular complexity index is 453. The van der Waals surface area contributed by atoms with Crippen molar-refractivity contribution in [2.24, 2.45) is 0 Å². The fourth-order valence-electron chi connectivity index (χ4n) is 1.58. The van der Waals surface area contributed by atoms with Gasteiger partial charge in [0, 0.05) is 24.2 Å². The van der Waals surface area contributed by atoms with E-state index in [0.29, 0.717) is 11.1 Å². The van der Waals surface area contributed by atoms with Gasteiger partial charge in [-0.05, 0) is 24.3 Å². The fourth-order valence-corrected chi connectivity index (χ4v) is 1.58. The van der Waals surface area contributed by atoms with Crippen LogP contribution in [0, 0.1) is 11.8 Å². The lowest BCUT2D eigenvalue weighted by atomic mass is 10.1. The molecule has 1 amide bonds. The van der Waals surface area contributed by atoms with E-state index in [-0.39, 0.29) is 38.8 Å². The smallest absolute Gasteiger partial charge is 0.254 e. The van der Waals surface area contributed by atoms with Crippen LogP contribution in [0.3, 0.4) is 0 Å². The Morgan fingerprint density at radius 2 is 1.63 bits per heavy atom. The summed E-state index contributed by atoms with van der Waals surface area (Å²) in [6.45, 7) is -0.129. The number of hydrogen-bond donors (Lipinski definition) is 3. The van der Waals surface area contributed by atoms with E-state index < -0.39 is 0 Å². The highest BCUT2D eigenvalue weighted by molar-refractivity contribution is 5.94. The molecule has 0 spiro atoms. The Balaban J connectivity index is 2.80. The minimum atomic E-state index is -0.246. The zero-order valence-corrected chi connectivity index (χ0v) is 10.5. The zero-order chi connectivity index (χ0) is 14.1. The van der Waals surface area contributed by atoms with Crippen LogP contribution >= 0.6 is 0 Å². The van der Waals surface area contributed by atoms with Gasteiger partial charge in [0.05, 0.1) is 13.2 Å².